The summed E-state index contributed by atoms with van der Waals surface area (Å²) in [6, 6.07) is 10.2. The Morgan fingerprint density at radius 1 is 1.27 bits per heavy atom. The molecule has 0 radical (unpaired) electrons. The van der Waals surface area contributed by atoms with Gasteiger partial charge in [-0.2, -0.15) is 5.26 Å². The summed E-state index contributed by atoms with van der Waals surface area (Å²) in [5.74, 6) is -2.09. The van der Waals surface area contributed by atoms with Crippen LogP contribution in [0.3, 0.4) is 0 Å². The predicted molar refractivity (Wildman–Crippen MR) is 94.1 cm³/mol. The smallest absolute Gasteiger partial charge is 0.190 e. The average Bonchev–Trinajstić information content (AvgIpc) is 2.65. The largest absolute Gasteiger partial charge is 0.492 e. The van der Waals surface area contributed by atoms with Gasteiger partial charge in [0.2, 0.25) is 0 Å². The van der Waals surface area contributed by atoms with Gasteiger partial charge in [0.05, 0.1) is 48.3 Å². The maximum Gasteiger partial charge on any atom is 0.190 e. The van der Waals surface area contributed by atoms with Crippen molar-refractivity contribution < 1.29 is 13.5 Å². The average molecular weight is 375 g/mol. The van der Waals surface area contributed by atoms with Crippen molar-refractivity contribution in [1.82, 2.24) is 9.97 Å². The molecule has 0 N–H and O–H groups in total. The fourth-order valence-corrected chi connectivity index (χ4v) is 2.77. The fraction of sp³-hybridized carbons (Fsp3) is 0.167. The molecule has 0 amide bonds. The Bertz CT molecular complexity index is 1010. The second kappa shape index (κ2) is 7.50. The van der Waals surface area contributed by atoms with E-state index in [1.165, 1.54) is 18.2 Å². The molecule has 2 aromatic carbocycles. The zero-order valence-corrected chi connectivity index (χ0v) is 14.5. The number of rotatable bonds is 5. The summed E-state index contributed by atoms with van der Waals surface area (Å²) in [4.78, 5) is 10.1. The van der Waals surface area contributed by atoms with Crippen molar-refractivity contribution in [2.75, 3.05) is 18.6 Å². The van der Waals surface area contributed by atoms with E-state index in [-0.39, 0.29) is 18.8 Å². The number of para-hydroxylation sites is 2. The third-order valence-corrected chi connectivity index (χ3v) is 4.11. The molecule has 5 nitrogen and oxygen atoms in total. The van der Waals surface area contributed by atoms with E-state index < -0.39 is 22.4 Å². The van der Waals surface area contributed by atoms with Gasteiger partial charge >= 0.3 is 0 Å². The molecule has 132 valence electrons. The van der Waals surface area contributed by atoms with Crippen LogP contribution in [0.25, 0.3) is 11.0 Å². The quantitative estimate of drug-likeness (QED) is 0.497. The first kappa shape index (κ1) is 17.8. The first-order valence-electron chi connectivity index (χ1n) is 7.59. The molecule has 0 unspecified atom stereocenters. The van der Waals surface area contributed by atoms with E-state index in [2.05, 4.69) is 9.97 Å². The zero-order valence-electron chi connectivity index (χ0n) is 13.7. The molecule has 3 rings (SSSR count). The van der Waals surface area contributed by atoms with Gasteiger partial charge < -0.3 is 9.64 Å². The lowest BCUT2D eigenvalue weighted by atomic mass is 10.2. The molecule has 0 aliphatic carbocycles. The Morgan fingerprint density at radius 2 is 2.00 bits per heavy atom. The number of anilines is 1. The van der Waals surface area contributed by atoms with E-state index in [4.69, 9.17) is 21.6 Å². The van der Waals surface area contributed by atoms with Crippen LogP contribution in [-0.4, -0.2) is 23.6 Å². The van der Waals surface area contributed by atoms with Crippen LogP contribution < -0.4 is 9.64 Å². The number of halogens is 3. The van der Waals surface area contributed by atoms with Gasteiger partial charge in [-0.1, -0.05) is 23.7 Å². The molecule has 0 aliphatic heterocycles. The minimum atomic E-state index is -0.845. The van der Waals surface area contributed by atoms with Crippen LogP contribution in [0.5, 0.6) is 5.75 Å². The second-order valence-corrected chi connectivity index (χ2v) is 5.78. The van der Waals surface area contributed by atoms with Crippen molar-refractivity contribution in [3.8, 4) is 11.8 Å². The van der Waals surface area contributed by atoms with Gasteiger partial charge in [-0.3, -0.25) is 4.98 Å². The van der Waals surface area contributed by atoms with Crippen LogP contribution >= 0.6 is 11.6 Å². The molecule has 0 bridgehead atoms. The Kier molecular flexibility index (Phi) is 5.14. The van der Waals surface area contributed by atoms with Crippen molar-refractivity contribution >= 4 is 28.3 Å². The number of nitriles is 1. The lowest BCUT2D eigenvalue weighted by molar-refractivity contribution is 0.383. The molecule has 0 atom stereocenters. The molecule has 0 spiro atoms. The molecule has 0 saturated heterocycles. The molecule has 8 heteroatoms. The predicted octanol–water partition coefficient (Wildman–Crippen LogP) is 4.10. The van der Waals surface area contributed by atoms with Crippen LogP contribution in [0.4, 0.5) is 14.5 Å². The van der Waals surface area contributed by atoms with Gasteiger partial charge in [0.25, 0.3) is 0 Å². The third-order valence-electron chi connectivity index (χ3n) is 3.75. The van der Waals surface area contributed by atoms with Gasteiger partial charge in [0.1, 0.15) is 17.4 Å². The van der Waals surface area contributed by atoms with E-state index in [0.717, 1.165) is 6.07 Å². The fourth-order valence-electron chi connectivity index (χ4n) is 2.56. The molecule has 26 heavy (non-hydrogen) atoms. The van der Waals surface area contributed by atoms with Crippen molar-refractivity contribution in [3.63, 3.8) is 0 Å². The minimum Gasteiger partial charge on any atom is -0.492 e. The number of hydrogen-bond donors (Lipinski definition) is 0. The van der Waals surface area contributed by atoms with Gasteiger partial charge in [-0.05, 0) is 12.1 Å². The maximum absolute atomic E-state index is 14.7. The van der Waals surface area contributed by atoms with Gasteiger partial charge in [0.15, 0.2) is 11.6 Å². The summed E-state index contributed by atoms with van der Waals surface area (Å²) >= 11 is 5.73. The lowest BCUT2D eigenvalue weighted by Crippen LogP contribution is -2.25. The number of fused-ring (bicyclic) bond motifs is 1. The maximum atomic E-state index is 14.7. The van der Waals surface area contributed by atoms with Crippen LogP contribution in [-0.2, 0) is 6.54 Å². The third kappa shape index (κ3) is 3.37. The van der Waals surface area contributed by atoms with Crippen LogP contribution in [0, 0.1) is 23.0 Å². The highest BCUT2D eigenvalue weighted by Gasteiger charge is 2.22. The zero-order chi connectivity index (χ0) is 18.7. The Balaban J connectivity index is 2.02. The molecule has 1 aromatic heterocycles. The van der Waals surface area contributed by atoms with E-state index in [9.17, 15) is 8.78 Å². The highest BCUT2D eigenvalue weighted by molar-refractivity contribution is 6.32. The standard InChI is InChI=1S/C18H13ClF2N4O/c1-26-18-16(19)12(20)8-15(17(18)21)25(7-6-22)10-11-9-23-13-4-2-3-5-14(13)24-11/h2-5,8-9H,7,10H2,1H3. The lowest BCUT2D eigenvalue weighted by Gasteiger charge is -2.23. The van der Waals surface area contributed by atoms with Gasteiger partial charge in [0, 0.05) is 6.07 Å². The van der Waals surface area contributed by atoms with E-state index in [1.807, 2.05) is 24.3 Å². The van der Waals surface area contributed by atoms with Crippen molar-refractivity contribution in [2.45, 2.75) is 6.54 Å². The van der Waals surface area contributed by atoms with Gasteiger partial charge in [-0.25, -0.2) is 13.8 Å². The van der Waals surface area contributed by atoms with Crippen LogP contribution in [0.1, 0.15) is 5.69 Å². The summed E-state index contributed by atoms with van der Waals surface area (Å²) in [7, 11) is 1.19. The summed E-state index contributed by atoms with van der Waals surface area (Å²) in [6.45, 7) is -0.123. The molecule has 0 saturated carbocycles. The van der Waals surface area contributed by atoms with Crippen molar-refractivity contribution in [2.24, 2.45) is 0 Å². The topological polar surface area (TPSA) is 62.0 Å². The van der Waals surface area contributed by atoms with Crippen LogP contribution in [0.15, 0.2) is 36.5 Å². The summed E-state index contributed by atoms with van der Waals surface area (Å²) in [6.07, 6.45) is 1.54. The first-order chi connectivity index (χ1) is 12.5. The number of nitrogens with zero attached hydrogens (tertiary/aromatic N) is 4. The number of ether oxygens (including phenoxy) is 1. The van der Waals surface area contributed by atoms with E-state index in [1.54, 1.807) is 6.07 Å². The summed E-state index contributed by atoms with van der Waals surface area (Å²) in [5.41, 5.74) is 1.75. The second-order valence-electron chi connectivity index (χ2n) is 5.40. The van der Waals surface area contributed by atoms with Gasteiger partial charge in [-0.15, -0.1) is 0 Å². The minimum absolute atomic E-state index is 0.0620. The SMILES string of the molecule is COc1c(F)c(N(CC#N)Cc2cnc3ccccc3n2)cc(F)c1Cl. The monoisotopic (exact) mass is 374 g/mol. The summed E-state index contributed by atoms with van der Waals surface area (Å²) in [5, 5.41) is 8.64. The number of hydrogen-bond acceptors (Lipinski definition) is 5. The highest BCUT2D eigenvalue weighted by atomic mass is 35.5. The Labute approximate surface area is 153 Å². The molecule has 1 heterocycles. The van der Waals surface area contributed by atoms with Crippen molar-refractivity contribution in [1.29, 1.82) is 5.26 Å². The summed E-state index contributed by atoms with van der Waals surface area (Å²) < 4.78 is 33.6. The number of benzene rings is 2. The molecule has 3 aromatic rings. The molecular weight excluding hydrogens is 362 g/mol. The number of aromatic nitrogens is 2. The normalized spacial score (nSPS) is 10.6. The molecule has 0 fully saturated rings. The number of methoxy groups -OCH3 is 1. The first-order valence-corrected chi connectivity index (χ1v) is 7.97. The van der Waals surface area contributed by atoms with Crippen LogP contribution in [0.2, 0.25) is 5.02 Å². The Morgan fingerprint density at radius 3 is 2.69 bits per heavy atom. The molecular formula is C18H13ClF2N4O. The highest BCUT2D eigenvalue weighted by Crippen LogP contribution is 2.37. The Hall–Kier alpha value is -2.98. The molecule has 0 aliphatic rings. The van der Waals surface area contributed by atoms with Crippen molar-refractivity contribution in [3.05, 3.63) is 58.9 Å². The van der Waals surface area contributed by atoms with E-state index >= 15 is 0 Å². The van der Waals surface area contributed by atoms with E-state index in [0.29, 0.717) is 16.7 Å².